The Labute approximate surface area is 89.7 Å². The predicted molar refractivity (Wildman–Crippen MR) is 57.5 cm³/mol. The Morgan fingerprint density at radius 2 is 2.07 bits per heavy atom. The van der Waals surface area contributed by atoms with E-state index < -0.39 is 0 Å². The molecular formula is C10H17ClN2O. The molecular weight excluding hydrogens is 200 g/mol. The van der Waals surface area contributed by atoms with E-state index in [1.807, 2.05) is 27.8 Å². The third-order valence-corrected chi connectivity index (χ3v) is 2.83. The average Bonchev–Trinajstić information content (AvgIpc) is 2.32. The lowest BCUT2D eigenvalue weighted by atomic mass is 9.89. The maximum Gasteiger partial charge on any atom is 0.0847 e. The number of aromatic nitrogens is 2. The Kier molecular flexibility index (Phi) is 3.22. The third kappa shape index (κ3) is 2.28. The molecule has 14 heavy (non-hydrogen) atoms. The molecule has 3 nitrogen and oxygen atoms in total. The van der Waals surface area contributed by atoms with Crippen LogP contribution in [0.3, 0.4) is 0 Å². The Bertz CT molecular complexity index is 331. The normalized spacial score (nSPS) is 12.1. The molecule has 1 aromatic heterocycles. The van der Waals surface area contributed by atoms with Crippen LogP contribution in [-0.4, -0.2) is 21.5 Å². The number of halogens is 1. The number of hydrogen-bond acceptors (Lipinski definition) is 2. The van der Waals surface area contributed by atoms with Crippen molar-refractivity contribution in [1.29, 1.82) is 0 Å². The molecule has 0 radical (unpaired) electrons. The number of aliphatic hydroxyl groups excluding tert-OH is 1. The van der Waals surface area contributed by atoms with Crippen LogP contribution in [0.1, 0.15) is 25.2 Å². The minimum Gasteiger partial charge on any atom is -0.396 e. The molecule has 0 fully saturated rings. The van der Waals surface area contributed by atoms with E-state index in [9.17, 15) is 5.11 Å². The maximum atomic E-state index is 9.17. The van der Waals surface area contributed by atoms with E-state index >= 15 is 0 Å². The Balaban J connectivity index is 2.97. The molecule has 0 spiro atoms. The van der Waals surface area contributed by atoms with Gasteiger partial charge in [-0.05, 0) is 18.8 Å². The van der Waals surface area contributed by atoms with E-state index in [0.29, 0.717) is 5.02 Å². The second-order valence-corrected chi connectivity index (χ2v) is 4.85. The summed E-state index contributed by atoms with van der Waals surface area (Å²) in [6.45, 7) is 6.04. The molecule has 0 amide bonds. The summed E-state index contributed by atoms with van der Waals surface area (Å²) in [5.74, 6) is 0. The molecule has 0 aromatic carbocycles. The smallest absolute Gasteiger partial charge is 0.0847 e. The monoisotopic (exact) mass is 216 g/mol. The average molecular weight is 217 g/mol. The first kappa shape index (κ1) is 11.5. The standard InChI is InChI=1S/C10H17ClN2O/c1-7-9(11)8(13(4)12-7)5-10(2,3)6-14/h14H,5-6H2,1-4H3. The Morgan fingerprint density at radius 3 is 2.43 bits per heavy atom. The van der Waals surface area contributed by atoms with Gasteiger partial charge in [-0.2, -0.15) is 5.10 Å². The quantitative estimate of drug-likeness (QED) is 0.839. The summed E-state index contributed by atoms with van der Waals surface area (Å²) in [7, 11) is 1.88. The van der Waals surface area contributed by atoms with Crippen molar-refractivity contribution >= 4 is 11.6 Å². The molecule has 1 heterocycles. The molecule has 0 bridgehead atoms. The number of hydrogen-bond donors (Lipinski definition) is 1. The fourth-order valence-corrected chi connectivity index (χ4v) is 1.61. The molecule has 4 heteroatoms. The Morgan fingerprint density at radius 1 is 1.50 bits per heavy atom. The van der Waals surface area contributed by atoms with Gasteiger partial charge in [0.25, 0.3) is 0 Å². The van der Waals surface area contributed by atoms with Crippen molar-refractivity contribution in [3.05, 3.63) is 16.4 Å². The van der Waals surface area contributed by atoms with Gasteiger partial charge in [0.1, 0.15) is 0 Å². The predicted octanol–water partition coefficient (Wildman–Crippen LogP) is 1.94. The summed E-state index contributed by atoms with van der Waals surface area (Å²) in [5, 5.41) is 14.1. The summed E-state index contributed by atoms with van der Waals surface area (Å²) in [4.78, 5) is 0. The van der Waals surface area contributed by atoms with Crippen LogP contribution in [0, 0.1) is 12.3 Å². The van der Waals surface area contributed by atoms with E-state index in [2.05, 4.69) is 5.10 Å². The first-order chi connectivity index (χ1) is 6.37. The van der Waals surface area contributed by atoms with E-state index in [1.165, 1.54) is 0 Å². The van der Waals surface area contributed by atoms with Crippen LogP contribution in [0.2, 0.25) is 5.02 Å². The second-order valence-electron chi connectivity index (χ2n) is 4.47. The molecule has 1 aromatic rings. The topological polar surface area (TPSA) is 38.0 Å². The van der Waals surface area contributed by atoms with Crippen LogP contribution in [-0.2, 0) is 13.5 Å². The number of nitrogens with zero attached hydrogens (tertiary/aromatic N) is 2. The SMILES string of the molecule is Cc1nn(C)c(CC(C)(C)CO)c1Cl. The van der Waals surface area contributed by atoms with Crippen molar-refractivity contribution in [2.45, 2.75) is 27.2 Å². The van der Waals surface area contributed by atoms with Crippen LogP contribution in [0.15, 0.2) is 0 Å². The fraction of sp³-hybridized carbons (Fsp3) is 0.700. The van der Waals surface area contributed by atoms with Crippen LogP contribution in [0.5, 0.6) is 0 Å². The highest BCUT2D eigenvalue weighted by atomic mass is 35.5. The van der Waals surface area contributed by atoms with Gasteiger partial charge in [-0.3, -0.25) is 4.68 Å². The minimum absolute atomic E-state index is 0.146. The number of aryl methyl sites for hydroxylation is 2. The largest absolute Gasteiger partial charge is 0.396 e. The van der Waals surface area contributed by atoms with Crippen LogP contribution < -0.4 is 0 Å². The zero-order chi connectivity index (χ0) is 10.9. The van der Waals surface area contributed by atoms with Gasteiger partial charge >= 0.3 is 0 Å². The summed E-state index contributed by atoms with van der Waals surface area (Å²) >= 11 is 6.11. The molecule has 0 atom stereocenters. The summed E-state index contributed by atoms with van der Waals surface area (Å²) in [6, 6.07) is 0. The van der Waals surface area contributed by atoms with E-state index in [4.69, 9.17) is 11.6 Å². The number of aliphatic hydroxyl groups is 1. The van der Waals surface area contributed by atoms with Gasteiger partial charge in [-0.25, -0.2) is 0 Å². The first-order valence-electron chi connectivity index (χ1n) is 4.66. The van der Waals surface area contributed by atoms with Crippen LogP contribution in [0.25, 0.3) is 0 Å². The fourth-order valence-electron chi connectivity index (χ4n) is 1.38. The molecule has 80 valence electrons. The zero-order valence-corrected chi connectivity index (χ0v) is 9.89. The van der Waals surface area contributed by atoms with E-state index in [-0.39, 0.29) is 12.0 Å². The van der Waals surface area contributed by atoms with Gasteiger partial charge in [0, 0.05) is 13.7 Å². The van der Waals surface area contributed by atoms with Gasteiger partial charge in [0.2, 0.25) is 0 Å². The van der Waals surface area contributed by atoms with Gasteiger partial charge < -0.3 is 5.11 Å². The summed E-state index contributed by atoms with van der Waals surface area (Å²) < 4.78 is 1.79. The van der Waals surface area contributed by atoms with Crippen LogP contribution >= 0.6 is 11.6 Å². The van der Waals surface area contributed by atoms with E-state index in [1.54, 1.807) is 4.68 Å². The third-order valence-electron chi connectivity index (χ3n) is 2.34. The lowest BCUT2D eigenvalue weighted by Crippen LogP contribution is -2.21. The highest BCUT2D eigenvalue weighted by molar-refractivity contribution is 6.31. The maximum absolute atomic E-state index is 9.17. The highest BCUT2D eigenvalue weighted by Crippen LogP contribution is 2.27. The van der Waals surface area contributed by atoms with Crippen molar-refractivity contribution in [2.24, 2.45) is 12.5 Å². The lowest BCUT2D eigenvalue weighted by molar-refractivity contribution is 0.157. The van der Waals surface area contributed by atoms with Crippen molar-refractivity contribution in [2.75, 3.05) is 6.61 Å². The lowest BCUT2D eigenvalue weighted by Gasteiger charge is -2.21. The molecule has 0 aliphatic carbocycles. The molecule has 0 aliphatic rings. The minimum atomic E-state index is -0.149. The molecule has 1 N–H and O–H groups in total. The highest BCUT2D eigenvalue weighted by Gasteiger charge is 2.22. The molecule has 0 saturated carbocycles. The van der Waals surface area contributed by atoms with Gasteiger partial charge in [-0.15, -0.1) is 0 Å². The van der Waals surface area contributed by atoms with Crippen LogP contribution in [0.4, 0.5) is 0 Å². The summed E-state index contributed by atoms with van der Waals surface area (Å²) in [5.41, 5.74) is 1.69. The van der Waals surface area contributed by atoms with Gasteiger partial charge in [0.15, 0.2) is 0 Å². The second kappa shape index (κ2) is 3.91. The number of rotatable bonds is 3. The molecule has 0 aliphatic heterocycles. The van der Waals surface area contributed by atoms with Gasteiger partial charge in [0.05, 0.1) is 16.4 Å². The molecule has 0 unspecified atom stereocenters. The molecule has 0 saturated heterocycles. The van der Waals surface area contributed by atoms with Crippen molar-refractivity contribution in [3.8, 4) is 0 Å². The van der Waals surface area contributed by atoms with Crippen molar-refractivity contribution < 1.29 is 5.11 Å². The van der Waals surface area contributed by atoms with E-state index in [0.717, 1.165) is 17.8 Å². The zero-order valence-electron chi connectivity index (χ0n) is 9.13. The first-order valence-corrected chi connectivity index (χ1v) is 5.04. The summed E-state index contributed by atoms with van der Waals surface area (Å²) in [6.07, 6.45) is 0.736. The molecule has 1 rings (SSSR count). The van der Waals surface area contributed by atoms with Crippen molar-refractivity contribution in [1.82, 2.24) is 9.78 Å². The van der Waals surface area contributed by atoms with Crippen molar-refractivity contribution in [3.63, 3.8) is 0 Å². The van der Waals surface area contributed by atoms with Gasteiger partial charge in [-0.1, -0.05) is 25.4 Å². The Hall–Kier alpha value is -0.540.